The molecule has 0 aliphatic rings. The molecule has 0 fully saturated rings. The molecule has 0 saturated carbocycles. The van der Waals surface area contributed by atoms with Gasteiger partial charge in [0.1, 0.15) is 11.3 Å². The van der Waals surface area contributed by atoms with Crippen molar-refractivity contribution in [2.75, 3.05) is 20.0 Å². The number of methoxy groups -OCH3 is 2. The van der Waals surface area contributed by atoms with E-state index in [1.807, 2.05) is 0 Å². The van der Waals surface area contributed by atoms with Gasteiger partial charge in [0, 0.05) is 5.69 Å². The summed E-state index contributed by atoms with van der Waals surface area (Å²) in [5.41, 5.74) is 6.14. The molecule has 6 heteroatoms. The fourth-order valence-corrected chi connectivity index (χ4v) is 1.32. The van der Waals surface area contributed by atoms with Gasteiger partial charge >= 0.3 is 11.9 Å². The van der Waals surface area contributed by atoms with Gasteiger partial charge in [-0.3, -0.25) is 0 Å². The number of nitrogens with two attached hydrogens (primary N) is 1. The molecule has 1 unspecified atom stereocenters. The average Bonchev–Trinajstić information content (AvgIpc) is 2.37. The Morgan fingerprint density at radius 1 is 1.28 bits per heavy atom. The number of esters is 2. The Labute approximate surface area is 105 Å². The van der Waals surface area contributed by atoms with Crippen LogP contribution in [0.25, 0.3) is 0 Å². The molecule has 6 nitrogen and oxygen atoms in total. The minimum Gasteiger partial charge on any atom is -0.496 e. The number of hydrogen-bond acceptors (Lipinski definition) is 6. The molecule has 0 saturated heterocycles. The van der Waals surface area contributed by atoms with Crippen LogP contribution in [0.4, 0.5) is 5.69 Å². The van der Waals surface area contributed by atoms with Crippen LogP contribution >= 0.6 is 0 Å². The van der Waals surface area contributed by atoms with Crippen molar-refractivity contribution in [2.45, 2.75) is 13.0 Å². The van der Waals surface area contributed by atoms with Crippen LogP contribution in [0.2, 0.25) is 0 Å². The van der Waals surface area contributed by atoms with E-state index < -0.39 is 18.0 Å². The molecule has 0 radical (unpaired) electrons. The van der Waals surface area contributed by atoms with Crippen LogP contribution in [0.3, 0.4) is 0 Å². The van der Waals surface area contributed by atoms with E-state index in [-0.39, 0.29) is 5.56 Å². The van der Waals surface area contributed by atoms with Crippen LogP contribution in [0.1, 0.15) is 17.3 Å². The summed E-state index contributed by atoms with van der Waals surface area (Å²) in [5.74, 6) is -1.01. The highest BCUT2D eigenvalue weighted by Gasteiger charge is 2.21. The zero-order chi connectivity index (χ0) is 13.7. The second-order valence-electron chi connectivity index (χ2n) is 3.53. The lowest BCUT2D eigenvalue weighted by Crippen LogP contribution is -2.25. The second-order valence-corrected chi connectivity index (χ2v) is 3.53. The molecule has 0 heterocycles. The maximum absolute atomic E-state index is 11.8. The fraction of sp³-hybridized carbons (Fsp3) is 0.333. The summed E-state index contributed by atoms with van der Waals surface area (Å²) in [7, 11) is 2.64. The maximum atomic E-state index is 11.8. The van der Waals surface area contributed by atoms with E-state index in [0.717, 1.165) is 0 Å². The molecular formula is C12H15NO5. The maximum Gasteiger partial charge on any atom is 0.346 e. The Kier molecular flexibility index (Phi) is 4.53. The standard InChI is InChI=1S/C12H15NO5/c1-7(11(14)17-3)18-12(15)9-6-8(13)4-5-10(9)16-2/h4-7H,13H2,1-3H3. The lowest BCUT2D eigenvalue weighted by molar-refractivity contribution is -0.149. The summed E-state index contributed by atoms with van der Waals surface area (Å²) in [5, 5.41) is 0. The lowest BCUT2D eigenvalue weighted by atomic mass is 10.2. The Morgan fingerprint density at radius 2 is 1.94 bits per heavy atom. The number of carbonyl (C=O) groups excluding carboxylic acids is 2. The zero-order valence-corrected chi connectivity index (χ0v) is 10.4. The minimum atomic E-state index is -0.992. The van der Waals surface area contributed by atoms with Crippen LogP contribution in [0.5, 0.6) is 5.75 Å². The van der Waals surface area contributed by atoms with Gasteiger partial charge in [-0.2, -0.15) is 0 Å². The molecule has 1 rings (SSSR count). The number of anilines is 1. The van der Waals surface area contributed by atoms with Crippen LogP contribution in [0.15, 0.2) is 18.2 Å². The largest absolute Gasteiger partial charge is 0.496 e. The molecule has 18 heavy (non-hydrogen) atoms. The predicted molar refractivity (Wildman–Crippen MR) is 64.3 cm³/mol. The molecular weight excluding hydrogens is 238 g/mol. The van der Waals surface area contributed by atoms with Crippen molar-refractivity contribution < 1.29 is 23.8 Å². The Bertz CT molecular complexity index is 458. The van der Waals surface area contributed by atoms with Gasteiger partial charge in [-0.25, -0.2) is 9.59 Å². The molecule has 0 aliphatic carbocycles. The Balaban J connectivity index is 2.90. The smallest absolute Gasteiger partial charge is 0.346 e. The van der Waals surface area contributed by atoms with Crippen molar-refractivity contribution in [3.8, 4) is 5.75 Å². The Morgan fingerprint density at radius 3 is 2.50 bits per heavy atom. The first kappa shape index (κ1) is 13.8. The molecule has 0 bridgehead atoms. The van der Waals surface area contributed by atoms with Crippen molar-refractivity contribution in [1.82, 2.24) is 0 Å². The molecule has 2 N–H and O–H groups in total. The second kappa shape index (κ2) is 5.90. The molecule has 0 aliphatic heterocycles. The Hall–Kier alpha value is -2.24. The number of hydrogen-bond donors (Lipinski definition) is 1. The summed E-state index contributed by atoms with van der Waals surface area (Å²) in [6.07, 6.45) is -0.992. The van der Waals surface area contributed by atoms with E-state index >= 15 is 0 Å². The average molecular weight is 253 g/mol. The highest BCUT2D eigenvalue weighted by molar-refractivity contribution is 5.95. The van der Waals surface area contributed by atoms with Gasteiger partial charge in [-0.15, -0.1) is 0 Å². The van der Waals surface area contributed by atoms with Crippen molar-refractivity contribution in [1.29, 1.82) is 0 Å². The first-order valence-corrected chi connectivity index (χ1v) is 5.22. The number of rotatable bonds is 4. The van der Waals surface area contributed by atoms with E-state index in [4.69, 9.17) is 15.2 Å². The predicted octanol–water partition coefficient (Wildman–Crippen LogP) is 0.996. The quantitative estimate of drug-likeness (QED) is 0.636. The van der Waals surface area contributed by atoms with Gasteiger partial charge in [0.15, 0.2) is 6.10 Å². The van der Waals surface area contributed by atoms with Crippen molar-refractivity contribution in [2.24, 2.45) is 0 Å². The third kappa shape index (κ3) is 3.13. The number of benzene rings is 1. The van der Waals surface area contributed by atoms with Crippen molar-refractivity contribution >= 4 is 17.6 Å². The summed E-state index contributed by atoms with van der Waals surface area (Å²) in [6.45, 7) is 1.42. The third-order valence-electron chi connectivity index (χ3n) is 2.26. The first-order chi connectivity index (χ1) is 8.49. The van der Waals surface area contributed by atoms with E-state index in [2.05, 4.69) is 4.74 Å². The highest BCUT2D eigenvalue weighted by Crippen LogP contribution is 2.22. The van der Waals surface area contributed by atoms with Crippen LogP contribution < -0.4 is 10.5 Å². The van der Waals surface area contributed by atoms with Gasteiger partial charge in [0.25, 0.3) is 0 Å². The van der Waals surface area contributed by atoms with Crippen LogP contribution in [0, 0.1) is 0 Å². The van der Waals surface area contributed by atoms with E-state index in [0.29, 0.717) is 11.4 Å². The fourth-order valence-electron chi connectivity index (χ4n) is 1.32. The third-order valence-corrected chi connectivity index (χ3v) is 2.26. The van der Waals surface area contributed by atoms with Gasteiger partial charge in [-0.05, 0) is 25.1 Å². The van der Waals surface area contributed by atoms with E-state index in [1.165, 1.54) is 27.2 Å². The van der Waals surface area contributed by atoms with Crippen molar-refractivity contribution in [3.63, 3.8) is 0 Å². The normalized spacial score (nSPS) is 11.5. The van der Waals surface area contributed by atoms with Crippen LogP contribution in [-0.4, -0.2) is 32.3 Å². The number of nitrogen functional groups attached to an aromatic ring is 1. The molecule has 1 aromatic rings. The lowest BCUT2D eigenvalue weighted by Gasteiger charge is -2.13. The van der Waals surface area contributed by atoms with Crippen LogP contribution in [-0.2, 0) is 14.3 Å². The first-order valence-electron chi connectivity index (χ1n) is 5.22. The van der Waals surface area contributed by atoms with Gasteiger partial charge in [0.05, 0.1) is 14.2 Å². The van der Waals surface area contributed by atoms with Crippen molar-refractivity contribution in [3.05, 3.63) is 23.8 Å². The van der Waals surface area contributed by atoms with E-state index in [1.54, 1.807) is 12.1 Å². The molecule has 0 aromatic heterocycles. The molecule has 98 valence electrons. The van der Waals surface area contributed by atoms with Gasteiger partial charge in [0.2, 0.25) is 0 Å². The SMILES string of the molecule is COC(=O)C(C)OC(=O)c1cc(N)ccc1OC. The summed E-state index contributed by atoms with van der Waals surface area (Å²) in [6, 6.07) is 4.57. The number of ether oxygens (including phenoxy) is 3. The zero-order valence-electron chi connectivity index (χ0n) is 10.4. The topological polar surface area (TPSA) is 87.9 Å². The molecule has 1 aromatic carbocycles. The summed E-state index contributed by atoms with van der Waals surface area (Å²) < 4.78 is 14.4. The molecule has 0 amide bonds. The molecule has 1 atom stereocenters. The summed E-state index contributed by atoms with van der Waals surface area (Å²) in [4.78, 5) is 23.0. The molecule has 0 spiro atoms. The monoisotopic (exact) mass is 253 g/mol. The summed E-state index contributed by atoms with van der Waals surface area (Å²) >= 11 is 0. The number of carbonyl (C=O) groups is 2. The highest BCUT2D eigenvalue weighted by atomic mass is 16.6. The van der Waals surface area contributed by atoms with Gasteiger partial charge in [-0.1, -0.05) is 0 Å². The van der Waals surface area contributed by atoms with E-state index in [9.17, 15) is 9.59 Å². The minimum absolute atomic E-state index is 0.160. The van der Waals surface area contributed by atoms with Gasteiger partial charge < -0.3 is 19.9 Å².